The Balaban J connectivity index is 2.30. The van der Waals surface area contributed by atoms with Crippen molar-refractivity contribution in [1.82, 2.24) is 9.78 Å². The molecule has 2 rings (SSSR count). The van der Waals surface area contributed by atoms with E-state index in [1.165, 1.54) is 0 Å². The van der Waals surface area contributed by atoms with E-state index in [9.17, 15) is 5.11 Å². The normalized spacial score (nSPS) is 12.7. The van der Waals surface area contributed by atoms with Gasteiger partial charge >= 0.3 is 0 Å². The van der Waals surface area contributed by atoms with Gasteiger partial charge in [-0.25, -0.2) is 0 Å². The number of anilines is 1. The van der Waals surface area contributed by atoms with Gasteiger partial charge in [0.2, 0.25) is 0 Å². The largest absolute Gasteiger partial charge is 0.398 e. The van der Waals surface area contributed by atoms with E-state index in [2.05, 4.69) is 21.0 Å². The summed E-state index contributed by atoms with van der Waals surface area (Å²) in [5, 5.41) is 15.4. The number of nitrogen functional groups attached to an aromatic ring is 1. The quantitative estimate of drug-likeness (QED) is 0.822. The van der Waals surface area contributed by atoms with Gasteiger partial charge in [0.15, 0.2) is 0 Å². The SMILES string of the molecule is CCn1nc(C)c(Br)c1CC(O)c1ccc(Cl)cc1N. The van der Waals surface area contributed by atoms with Crippen LogP contribution in [0.2, 0.25) is 5.02 Å². The molecule has 1 atom stereocenters. The first-order valence-corrected chi connectivity index (χ1v) is 7.55. The van der Waals surface area contributed by atoms with Gasteiger partial charge in [0.05, 0.1) is 22.0 Å². The van der Waals surface area contributed by atoms with Crippen LogP contribution in [0.5, 0.6) is 0 Å². The minimum atomic E-state index is -0.690. The Hall–Kier alpha value is -1.04. The van der Waals surface area contributed by atoms with Gasteiger partial charge in [-0.15, -0.1) is 0 Å². The lowest BCUT2D eigenvalue weighted by Gasteiger charge is -2.15. The number of nitrogens with two attached hydrogens (primary N) is 1. The first-order valence-electron chi connectivity index (χ1n) is 6.38. The Bertz CT molecular complexity index is 627. The molecule has 0 fully saturated rings. The molecule has 0 amide bonds. The van der Waals surface area contributed by atoms with Crippen molar-refractivity contribution in [3.8, 4) is 0 Å². The first-order chi connectivity index (χ1) is 9.43. The molecule has 0 aliphatic rings. The molecule has 6 heteroatoms. The third-order valence-electron chi connectivity index (χ3n) is 3.25. The minimum Gasteiger partial charge on any atom is -0.398 e. The third-order valence-corrected chi connectivity index (χ3v) is 4.51. The number of aliphatic hydroxyl groups excluding tert-OH is 1. The zero-order valence-electron chi connectivity index (χ0n) is 11.4. The fraction of sp³-hybridized carbons (Fsp3) is 0.357. The maximum atomic E-state index is 10.4. The summed E-state index contributed by atoms with van der Waals surface area (Å²) >= 11 is 9.40. The lowest BCUT2D eigenvalue weighted by molar-refractivity contribution is 0.176. The van der Waals surface area contributed by atoms with Crippen LogP contribution < -0.4 is 5.73 Å². The topological polar surface area (TPSA) is 64.1 Å². The van der Waals surface area contributed by atoms with Gasteiger partial charge in [0.25, 0.3) is 0 Å². The fourth-order valence-electron chi connectivity index (χ4n) is 2.21. The number of benzene rings is 1. The molecule has 1 unspecified atom stereocenters. The van der Waals surface area contributed by atoms with Crippen LogP contribution in [0.25, 0.3) is 0 Å². The summed E-state index contributed by atoms with van der Waals surface area (Å²) < 4.78 is 2.82. The van der Waals surface area contributed by atoms with E-state index in [1.807, 2.05) is 18.5 Å². The summed E-state index contributed by atoms with van der Waals surface area (Å²) in [6.07, 6.45) is -0.244. The Morgan fingerprint density at radius 2 is 2.20 bits per heavy atom. The molecule has 0 aliphatic heterocycles. The van der Waals surface area contributed by atoms with E-state index in [4.69, 9.17) is 17.3 Å². The zero-order chi connectivity index (χ0) is 14.9. The summed E-state index contributed by atoms with van der Waals surface area (Å²) in [5.41, 5.74) is 8.97. The fourth-order valence-corrected chi connectivity index (χ4v) is 2.83. The van der Waals surface area contributed by atoms with Crippen molar-refractivity contribution in [3.05, 3.63) is 44.6 Å². The van der Waals surface area contributed by atoms with Crippen molar-refractivity contribution >= 4 is 33.2 Å². The second kappa shape index (κ2) is 6.16. The van der Waals surface area contributed by atoms with Crippen LogP contribution in [0, 0.1) is 6.92 Å². The van der Waals surface area contributed by atoms with Gasteiger partial charge in [0, 0.05) is 29.2 Å². The van der Waals surface area contributed by atoms with Gasteiger partial charge in [-0.3, -0.25) is 4.68 Å². The van der Waals surface area contributed by atoms with Gasteiger partial charge in [0.1, 0.15) is 0 Å². The van der Waals surface area contributed by atoms with Crippen molar-refractivity contribution in [2.45, 2.75) is 32.9 Å². The summed E-state index contributed by atoms with van der Waals surface area (Å²) in [6.45, 7) is 4.71. The maximum Gasteiger partial charge on any atom is 0.0865 e. The number of halogens is 2. The van der Waals surface area contributed by atoms with Crippen molar-refractivity contribution in [1.29, 1.82) is 0 Å². The Morgan fingerprint density at radius 3 is 2.80 bits per heavy atom. The molecule has 1 aromatic heterocycles. The molecular formula is C14H17BrClN3O. The minimum absolute atomic E-state index is 0.446. The Kier molecular flexibility index (Phi) is 4.73. The van der Waals surface area contributed by atoms with Crippen molar-refractivity contribution in [2.75, 3.05) is 5.73 Å². The smallest absolute Gasteiger partial charge is 0.0865 e. The van der Waals surface area contributed by atoms with E-state index >= 15 is 0 Å². The predicted octanol–water partition coefficient (Wildman–Crippen LogP) is 3.49. The Morgan fingerprint density at radius 1 is 1.50 bits per heavy atom. The van der Waals surface area contributed by atoms with E-state index in [1.54, 1.807) is 18.2 Å². The van der Waals surface area contributed by atoms with Crippen molar-refractivity contribution in [2.24, 2.45) is 0 Å². The highest BCUT2D eigenvalue weighted by Crippen LogP contribution is 2.30. The molecule has 4 nitrogen and oxygen atoms in total. The summed E-state index contributed by atoms with van der Waals surface area (Å²) in [5.74, 6) is 0. The highest BCUT2D eigenvalue weighted by molar-refractivity contribution is 9.10. The van der Waals surface area contributed by atoms with Crippen LogP contribution in [-0.4, -0.2) is 14.9 Å². The van der Waals surface area contributed by atoms with Crippen LogP contribution in [0.4, 0.5) is 5.69 Å². The zero-order valence-corrected chi connectivity index (χ0v) is 13.7. The van der Waals surface area contributed by atoms with Crippen LogP contribution in [-0.2, 0) is 13.0 Å². The molecule has 3 N–H and O–H groups in total. The molecule has 0 aliphatic carbocycles. The molecule has 0 saturated heterocycles. The molecule has 0 spiro atoms. The predicted molar refractivity (Wildman–Crippen MR) is 84.9 cm³/mol. The van der Waals surface area contributed by atoms with Gasteiger partial charge in [-0.05, 0) is 41.9 Å². The van der Waals surface area contributed by atoms with Crippen LogP contribution in [0.15, 0.2) is 22.7 Å². The number of aliphatic hydroxyl groups is 1. The van der Waals surface area contributed by atoms with E-state index in [0.29, 0.717) is 22.7 Å². The number of nitrogens with zero attached hydrogens (tertiary/aromatic N) is 2. The molecule has 108 valence electrons. The Labute approximate surface area is 131 Å². The highest BCUT2D eigenvalue weighted by Gasteiger charge is 2.18. The summed E-state index contributed by atoms with van der Waals surface area (Å²) in [6, 6.07) is 5.14. The summed E-state index contributed by atoms with van der Waals surface area (Å²) in [7, 11) is 0. The standard InChI is InChI=1S/C14H17BrClN3O/c1-3-19-12(14(15)8(2)18-19)7-13(20)10-5-4-9(16)6-11(10)17/h4-6,13,20H,3,7,17H2,1-2H3. The molecule has 0 radical (unpaired) electrons. The van der Waals surface area contributed by atoms with Gasteiger partial charge in [-0.2, -0.15) is 5.10 Å². The first kappa shape index (κ1) is 15.4. The molecule has 1 heterocycles. The molecule has 0 bridgehead atoms. The number of aromatic nitrogens is 2. The van der Waals surface area contributed by atoms with Gasteiger partial charge in [-0.1, -0.05) is 17.7 Å². The number of hydrogen-bond acceptors (Lipinski definition) is 3. The second-order valence-electron chi connectivity index (χ2n) is 4.66. The average Bonchev–Trinajstić information content (AvgIpc) is 2.66. The van der Waals surface area contributed by atoms with Crippen LogP contribution in [0.3, 0.4) is 0 Å². The monoisotopic (exact) mass is 357 g/mol. The van der Waals surface area contributed by atoms with Crippen molar-refractivity contribution in [3.63, 3.8) is 0 Å². The van der Waals surface area contributed by atoms with Crippen LogP contribution >= 0.6 is 27.5 Å². The third kappa shape index (κ3) is 3.00. The molecule has 20 heavy (non-hydrogen) atoms. The summed E-state index contributed by atoms with van der Waals surface area (Å²) in [4.78, 5) is 0. The van der Waals surface area contributed by atoms with E-state index < -0.39 is 6.10 Å². The lowest BCUT2D eigenvalue weighted by atomic mass is 10.0. The highest BCUT2D eigenvalue weighted by atomic mass is 79.9. The number of rotatable bonds is 4. The lowest BCUT2D eigenvalue weighted by Crippen LogP contribution is -2.10. The second-order valence-corrected chi connectivity index (χ2v) is 5.88. The molecule has 1 aromatic carbocycles. The molecule has 2 aromatic rings. The number of aryl methyl sites for hydroxylation is 2. The molecule has 0 saturated carbocycles. The maximum absolute atomic E-state index is 10.4. The molecular weight excluding hydrogens is 342 g/mol. The van der Waals surface area contributed by atoms with Gasteiger partial charge < -0.3 is 10.8 Å². The van der Waals surface area contributed by atoms with E-state index in [0.717, 1.165) is 22.4 Å². The number of hydrogen-bond donors (Lipinski definition) is 2. The van der Waals surface area contributed by atoms with Crippen LogP contribution in [0.1, 0.15) is 30.0 Å². The van der Waals surface area contributed by atoms with Crippen molar-refractivity contribution < 1.29 is 5.11 Å². The van der Waals surface area contributed by atoms with E-state index in [-0.39, 0.29) is 0 Å². The average molecular weight is 359 g/mol.